The number of benzene rings is 1. The second kappa shape index (κ2) is 11.4. The van der Waals surface area contributed by atoms with Crippen LogP contribution in [-0.4, -0.2) is 39.3 Å². The number of nitrogens with one attached hydrogen (secondary N) is 2. The molecule has 0 spiro atoms. The Morgan fingerprint density at radius 1 is 1.14 bits per heavy atom. The van der Waals surface area contributed by atoms with Gasteiger partial charge in [-0.1, -0.05) is 31.2 Å². The Kier molecular flexibility index (Phi) is 8.86. The molecule has 2 aromatic heterocycles. The van der Waals surface area contributed by atoms with Gasteiger partial charge in [-0.05, 0) is 23.8 Å². The first-order valence-electron chi connectivity index (χ1n) is 9.11. The van der Waals surface area contributed by atoms with Crippen LogP contribution in [0.5, 0.6) is 0 Å². The standard InChI is InChI=1S/C20H25N7.HI/c1-3-19-26-25-15-27(19)12-11-23-20(21-2)24-14-16-7-6-8-17(13-16)18-9-4-5-10-22-18;/h4-10,13,15H,3,11-12,14H2,1-2H3,(H2,21,23,24);1H. The van der Waals surface area contributed by atoms with Crippen molar-refractivity contribution in [3.8, 4) is 11.3 Å². The summed E-state index contributed by atoms with van der Waals surface area (Å²) < 4.78 is 2.05. The van der Waals surface area contributed by atoms with Crippen molar-refractivity contribution in [3.63, 3.8) is 0 Å². The molecule has 0 atom stereocenters. The number of aryl methyl sites for hydroxylation is 1. The predicted octanol–water partition coefficient (Wildman–Crippen LogP) is 2.89. The van der Waals surface area contributed by atoms with Gasteiger partial charge in [0.05, 0.1) is 5.69 Å². The second-order valence-electron chi connectivity index (χ2n) is 6.06. The monoisotopic (exact) mass is 491 g/mol. The van der Waals surface area contributed by atoms with E-state index in [2.05, 4.69) is 66.6 Å². The number of aliphatic imine (C=N–C) groups is 1. The molecule has 0 unspecified atom stereocenters. The third-order valence-electron chi connectivity index (χ3n) is 4.23. The molecule has 1 aromatic carbocycles. The normalized spacial score (nSPS) is 11.0. The summed E-state index contributed by atoms with van der Waals surface area (Å²) in [4.78, 5) is 8.70. The van der Waals surface area contributed by atoms with Crippen LogP contribution in [0.2, 0.25) is 0 Å². The van der Waals surface area contributed by atoms with Gasteiger partial charge in [0.1, 0.15) is 12.2 Å². The zero-order valence-corrected chi connectivity index (χ0v) is 18.5. The summed E-state index contributed by atoms with van der Waals surface area (Å²) in [6, 6.07) is 14.3. The highest BCUT2D eigenvalue weighted by molar-refractivity contribution is 14.0. The number of halogens is 1. The number of aromatic nitrogens is 4. The van der Waals surface area contributed by atoms with E-state index < -0.39 is 0 Å². The first-order chi connectivity index (χ1) is 13.3. The fourth-order valence-corrected chi connectivity index (χ4v) is 2.81. The molecule has 0 amide bonds. The van der Waals surface area contributed by atoms with Crippen LogP contribution in [0.25, 0.3) is 11.3 Å². The fraction of sp³-hybridized carbons (Fsp3) is 0.300. The van der Waals surface area contributed by atoms with Crippen LogP contribution < -0.4 is 10.6 Å². The molecule has 148 valence electrons. The lowest BCUT2D eigenvalue weighted by molar-refractivity contribution is 0.632. The summed E-state index contributed by atoms with van der Waals surface area (Å²) >= 11 is 0. The SMILES string of the molecule is CCc1nncn1CCNC(=NC)NCc1cccc(-c2ccccn2)c1.I. The van der Waals surface area contributed by atoms with E-state index >= 15 is 0 Å². The summed E-state index contributed by atoms with van der Waals surface area (Å²) in [7, 11) is 1.77. The fourth-order valence-electron chi connectivity index (χ4n) is 2.81. The Labute approximate surface area is 182 Å². The van der Waals surface area contributed by atoms with Crippen molar-refractivity contribution in [2.75, 3.05) is 13.6 Å². The summed E-state index contributed by atoms with van der Waals surface area (Å²) in [5.74, 6) is 1.76. The Morgan fingerprint density at radius 3 is 2.79 bits per heavy atom. The number of hydrogen-bond acceptors (Lipinski definition) is 4. The van der Waals surface area contributed by atoms with E-state index in [1.165, 1.54) is 5.56 Å². The first-order valence-corrected chi connectivity index (χ1v) is 9.11. The Morgan fingerprint density at radius 2 is 2.04 bits per heavy atom. The van der Waals surface area contributed by atoms with Crippen LogP contribution in [0.4, 0.5) is 0 Å². The maximum Gasteiger partial charge on any atom is 0.191 e. The summed E-state index contributed by atoms with van der Waals surface area (Å²) in [5, 5.41) is 14.7. The zero-order chi connectivity index (χ0) is 18.9. The minimum atomic E-state index is 0. The molecular weight excluding hydrogens is 465 g/mol. The molecule has 0 radical (unpaired) electrons. The molecule has 3 rings (SSSR count). The second-order valence-corrected chi connectivity index (χ2v) is 6.06. The van der Waals surface area contributed by atoms with Gasteiger partial charge >= 0.3 is 0 Å². The van der Waals surface area contributed by atoms with E-state index in [9.17, 15) is 0 Å². The van der Waals surface area contributed by atoms with Crippen molar-refractivity contribution in [2.24, 2.45) is 4.99 Å². The van der Waals surface area contributed by atoms with Gasteiger partial charge in [0, 0.05) is 44.9 Å². The van der Waals surface area contributed by atoms with Gasteiger partial charge < -0.3 is 15.2 Å². The molecule has 0 aliphatic heterocycles. The van der Waals surface area contributed by atoms with Crippen molar-refractivity contribution < 1.29 is 0 Å². The number of pyridine rings is 1. The smallest absolute Gasteiger partial charge is 0.191 e. The average Bonchev–Trinajstić information content (AvgIpc) is 3.19. The van der Waals surface area contributed by atoms with E-state index in [1.807, 2.05) is 24.4 Å². The van der Waals surface area contributed by atoms with Crippen LogP contribution in [0.3, 0.4) is 0 Å². The van der Waals surface area contributed by atoms with Gasteiger partial charge in [-0.25, -0.2) is 0 Å². The van der Waals surface area contributed by atoms with Crippen molar-refractivity contribution in [1.29, 1.82) is 0 Å². The first kappa shape index (κ1) is 21.8. The van der Waals surface area contributed by atoms with Gasteiger partial charge in [0.2, 0.25) is 0 Å². The molecular formula is C20H26IN7. The third kappa shape index (κ3) is 6.01. The largest absolute Gasteiger partial charge is 0.355 e. The average molecular weight is 491 g/mol. The van der Waals surface area contributed by atoms with Gasteiger partial charge in [-0.2, -0.15) is 0 Å². The van der Waals surface area contributed by atoms with E-state index in [4.69, 9.17) is 0 Å². The summed E-state index contributed by atoms with van der Waals surface area (Å²) in [6.07, 6.45) is 4.45. The van der Waals surface area contributed by atoms with E-state index in [0.29, 0.717) is 6.54 Å². The highest BCUT2D eigenvalue weighted by Crippen LogP contribution is 2.17. The molecule has 2 heterocycles. The number of nitrogens with zero attached hydrogens (tertiary/aromatic N) is 5. The predicted molar refractivity (Wildman–Crippen MR) is 123 cm³/mol. The summed E-state index contributed by atoms with van der Waals surface area (Å²) in [5.41, 5.74) is 3.26. The Bertz CT molecular complexity index is 877. The van der Waals surface area contributed by atoms with Crippen LogP contribution in [0.15, 0.2) is 60.0 Å². The van der Waals surface area contributed by atoms with Gasteiger partial charge in [0.15, 0.2) is 5.96 Å². The molecule has 8 heteroatoms. The highest BCUT2D eigenvalue weighted by Gasteiger charge is 2.04. The summed E-state index contributed by atoms with van der Waals surface area (Å²) in [6.45, 7) is 4.31. The number of hydrogen-bond donors (Lipinski definition) is 2. The lowest BCUT2D eigenvalue weighted by Crippen LogP contribution is -2.38. The molecule has 0 aliphatic rings. The lowest BCUT2D eigenvalue weighted by atomic mass is 10.1. The lowest BCUT2D eigenvalue weighted by Gasteiger charge is -2.13. The van der Waals surface area contributed by atoms with E-state index in [0.717, 1.165) is 42.6 Å². The molecule has 7 nitrogen and oxygen atoms in total. The van der Waals surface area contributed by atoms with Gasteiger partial charge in [0.25, 0.3) is 0 Å². The zero-order valence-electron chi connectivity index (χ0n) is 16.2. The van der Waals surface area contributed by atoms with E-state index in [-0.39, 0.29) is 24.0 Å². The molecule has 0 bridgehead atoms. The topological polar surface area (TPSA) is 80.0 Å². The van der Waals surface area contributed by atoms with E-state index in [1.54, 1.807) is 13.4 Å². The van der Waals surface area contributed by atoms with Crippen LogP contribution in [0.1, 0.15) is 18.3 Å². The van der Waals surface area contributed by atoms with Crippen LogP contribution in [0, 0.1) is 0 Å². The molecule has 0 aliphatic carbocycles. The highest BCUT2D eigenvalue weighted by atomic mass is 127. The quantitative estimate of drug-likeness (QED) is 0.302. The maximum absolute atomic E-state index is 4.41. The minimum absolute atomic E-state index is 0. The molecule has 0 saturated heterocycles. The van der Waals surface area contributed by atoms with Crippen molar-refractivity contribution in [2.45, 2.75) is 26.4 Å². The Balaban J connectivity index is 0.00000280. The molecule has 28 heavy (non-hydrogen) atoms. The molecule has 0 saturated carbocycles. The number of rotatable bonds is 7. The van der Waals surface area contributed by atoms with Crippen LogP contribution in [-0.2, 0) is 19.5 Å². The molecule has 3 aromatic rings. The molecule has 2 N–H and O–H groups in total. The van der Waals surface area contributed by atoms with Gasteiger partial charge in [-0.3, -0.25) is 9.98 Å². The Hall–Kier alpha value is -2.49. The van der Waals surface area contributed by atoms with Crippen molar-refractivity contribution in [3.05, 3.63) is 66.4 Å². The van der Waals surface area contributed by atoms with Crippen molar-refractivity contribution >= 4 is 29.9 Å². The number of guanidine groups is 1. The van der Waals surface area contributed by atoms with Crippen molar-refractivity contribution in [1.82, 2.24) is 30.4 Å². The van der Waals surface area contributed by atoms with Gasteiger partial charge in [-0.15, -0.1) is 34.2 Å². The third-order valence-corrected chi connectivity index (χ3v) is 4.23. The van der Waals surface area contributed by atoms with Crippen LogP contribution >= 0.6 is 24.0 Å². The maximum atomic E-state index is 4.41. The molecule has 0 fully saturated rings. The minimum Gasteiger partial charge on any atom is -0.355 e.